The zero-order valence-electron chi connectivity index (χ0n) is 15.6. The van der Waals surface area contributed by atoms with Crippen molar-refractivity contribution in [2.24, 2.45) is 0 Å². The van der Waals surface area contributed by atoms with E-state index in [-0.39, 0.29) is 0 Å². The number of unbranched alkanes of at least 4 members (excludes halogenated alkanes) is 2. The van der Waals surface area contributed by atoms with E-state index >= 15 is 0 Å². The van der Waals surface area contributed by atoms with E-state index in [0.29, 0.717) is 6.10 Å². The SMILES string of the molecule is CCCCCOCCOCCN1CCN(CCOC(C)C)CC1. The lowest BCUT2D eigenvalue weighted by Gasteiger charge is -2.34. The summed E-state index contributed by atoms with van der Waals surface area (Å²) in [4.78, 5) is 4.98. The molecular formula is C18H38N2O3. The molecule has 0 aromatic carbocycles. The first-order valence-electron chi connectivity index (χ1n) is 9.44. The molecule has 0 bridgehead atoms. The molecule has 138 valence electrons. The Morgan fingerprint density at radius 1 is 0.739 bits per heavy atom. The van der Waals surface area contributed by atoms with Crippen LogP contribution in [-0.4, -0.2) is 88.2 Å². The lowest BCUT2D eigenvalue weighted by Crippen LogP contribution is -2.48. The summed E-state index contributed by atoms with van der Waals surface area (Å²) < 4.78 is 16.8. The molecule has 5 heteroatoms. The highest BCUT2D eigenvalue weighted by atomic mass is 16.5. The van der Waals surface area contributed by atoms with Gasteiger partial charge in [-0.1, -0.05) is 19.8 Å². The van der Waals surface area contributed by atoms with Gasteiger partial charge in [0.15, 0.2) is 0 Å². The van der Waals surface area contributed by atoms with Crippen molar-refractivity contribution >= 4 is 0 Å². The smallest absolute Gasteiger partial charge is 0.0701 e. The third kappa shape index (κ3) is 11.9. The lowest BCUT2D eigenvalue weighted by atomic mass is 10.3. The van der Waals surface area contributed by atoms with Gasteiger partial charge in [-0.05, 0) is 20.3 Å². The van der Waals surface area contributed by atoms with Crippen molar-refractivity contribution in [3.8, 4) is 0 Å². The Morgan fingerprint density at radius 3 is 1.87 bits per heavy atom. The molecule has 0 aromatic rings. The van der Waals surface area contributed by atoms with Crippen molar-refractivity contribution in [1.82, 2.24) is 9.80 Å². The van der Waals surface area contributed by atoms with Crippen LogP contribution in [0.15, 0.2) is 0 Å². The molecule has 1 heterocycles. The molecule has 0 spiro atoms. The summed E-state index contributed by atoms with van der Waals surface area (Å²) in [5.74, 6) is 0. The molecule has 1 fully saturated rings. The molecule has 0 atom stereocenters. The third-order valence-corrected chi connectivity index (χ3v) is 4.14. The van der Waals surface area contributed by atoms with Crippen molar-refractivity contribution < 1.29 is 14.2 Å². The van der Waals surface area contributed by atoms with Gasteiger partial charge in [-0.25, -0.2) is 0 Å². The average Bonchev–Trinajstić information content (AvgIpc) is 2.54. The van der Waals surface area contributed by atoms with Crippen LogP contribution in [0.25, 0.3) is 0 Å². The van der Waals surface area contributed by atoms with Gasteiger partial charge < -0.3 is 14.2 Å². The van der Waals surface area contributed by atoms with Crippen molar-refractivity contribution in [3.63, 3.8) is 0 Å². The fourth-order valence-electron chi connectivity index (χ4n) is 2.62. The van der Waals surface area contributed by atoms with Crippen LogP contribution >= 0.6 is 0 Å². The highest BCUT2D eigenvalue weighted by Gasteiger charge is 2.16. The molecule has 0 aliphatic carbocycles. The minimum atomic E-state index is 0.337. The van der Waals surface area contributed by atoms with Crippen LogP contribution in [0.5, 0.6) is 0 Å². The molecule has 0 radical (unpaired) electrons. The quantitative estimate of drug-likeness (QED) is 0.456. The van der Waals surface area contributed by atoms with Gasteiger partial charge in [0.2, 0.25) is 0 Å². The predicted octanol–water partition coefficient (Wildman–Crippen LogP) is 2.25. The Balaban J connectivity index is 1.86. The molecule has 0 amide bonds. The van der Waals surface area contributed by atoms with Crippen LogP contribution < -0.4 is 0 Å². The number of ether oxygens (including phenoxy) is 3. The fourth-order valence-corrected chi connectivity index (χ4v) is 2.62. The lowest BCUT2D eigenvalue weighted by molar-refractivity contribution is 0.0232. The van der Waals surface area contributed by atoms with E-state index in [1.165, 1.54) is 19.3 Å². The van der Waals surface area contributed by atoms with Crippen molar-refractivity contribution in [1.29, 1.82) is 0 Å². The van der Waals surface area contributed by atoms with E-state index < -0.39 is 0 Å². The summed E-state index contributed by atoms with van der Waals surface area (Å²) >= 11 is 0. The maximum atomic E-state index is 5.66. The maximum Gasteiger partial charge on any atom is 0.0701 e. The highest BCUT2D eigenvalue weighted by Crippen LogP contribution is 2.02. The monoisotopic (exact) mass is 330 g/mol. The van der Waals surface area contributed by atoms with Gasteiger partial charge in [-0.3, -0.25) is 9.80 Å². The predicted molar refractivity (Wildman–Crippen MR) is 95.1 cm³/mol. The van der Waals surface area contributed by atoms with Crippen LogP contribution in [0.1, 0.15) is 40.0 Å². The van der Waals surface area contributed by atoms with Crippen molar-refractivity contribution in [3.05, 3.63) is 0 Å². The number of rotatable bonds is 14. The standard InChI is InChI=1S/C18H38N2O3/c1-4-5-6-13-21-16-17-22-14-11-19-7-9-20(10-8-19)12-15-23-18(2)3/h18H,4-17H2,1-3H3. The summed E-state index contributed by atoms with van der Waals surface area (Å²) in [6.07, 6.45) is 4.01. The molecular weight excluding hydrogens is 292 g/mol. The Hall–Kier alpha value is -0.200. The van der Waals surface area contributed by atoms with E-state index in [9.17, 15) is 0 Å². The average molecular weight is 331 g/mol. The van der Waals surface area contributed by atoms with E-state index in [0.717, 1.165) is 72.3 Å². The summed E-state index contributed by atoms with van der Waals surface area (Å²) in [6, 6.07) is 0. The van der Waals surface area contributed by atoms with E-state index in [4.69, 9.17) is 14.2 Å². The molecule has 0 saturated carbocycles. The van der Waals surface area contributed by atoms with Crippen LogP contribution in [0.4, 0.5) is 0 Å². The van der Waals surface area contributed by atoms with Crippen LogP contribution in [0.3, 0.4) is 0 Å². The van der Waals surface area contributed by atoms with Crippen LogP contribution in [0.2, 0.25) is 0 Å². The first-order valence-corrected chi connectivity index (χ1v) is 9.44. The fraction of sp³-hybridized carbons (Fsp3) is 1.00. The van der Waals surface area contributed by atoms with Crippen molar-refractivity contribution in [2.75, 3.05) is 72.3 Å². The van der Waals surface area contributed by atoms with Gasteiger partial charge in [0.25, 0.3) is 0 Å². The first-order chi connectivity index (χ1) is 11.2. The number of nitrogens with zero attached hydrogens (tertiary/aromatic N) is 2. The molecule has 23 heavy (non-hydrogen) atoms. The maximum absolute atomic E-state index is 5.66. The second kappa shape index (κ2) is 14.2. The molecule has 1 rings (SSSR count). The Kier molecular flexibility index (Phi) is 12.8. The van der Waals surface area contributed by atoms with Gasteiger partial charge in [-0.15, -0.1) is 0 Å². The molecule has 0 aromatic heterocycles. The van der Waals surface area contributed by atoms with Gasteiger partial charge in [0.05, 0.1) is 32.5 Å². The number of hydrogen-bond acceptors (Lipinski definition) is 5. The minimum absolute atomic E-state index is 0.337. The topological polar surface area (TPSA) is 34.2 Å². The van der Waals surface area contributed by atoms with Gasteiger partial charge in [0.1, 0.15) is 0 Å². The Labute approximate surface area is 143 Å². The molecule has 1 aliphatic heterocycles. The van der Waals surface area contributed by atoms with E-state index in [1.807, 2.05) is 0 Å². The van der Waals surface area contributed by atoms with Gasteiger partial charge in [-0.2, -0.15) is 0 Å². The Morgan fingerprint density at radius 2 is 1.30 bits per heavy atom. The second-order valence-corrected chi connectivity index (χ2v) is 6.53. The zero-order chi connectivity index (χ0) is 16.8. The summed E-state index contributed by atoms with van der Waals surface area (Å²) in [6.45, 7) is 17.0. The highest BCUT2D eigenvalue weighted by molar-refractivity contribution is 4.71. The second-order valence-electron chi connectivity index (χ2n) is 6.53. The van der Waals surface area contributed by atoms with Crippen molar-refractivity contribution in [2.45, 2.75) is 46.1 Å². The summed E-state index contributed by atoms with van der Waals surface area (Å²) in [7, 11) is 0. The summed E-state index contributed by atoms with van der Waals surface area (Å²) in [5.41, 5.74) is 0. The number of hydrogen-bond donors (Lipinski definition) is 0. The molecule has 1 aliphatic rings. The normalized spacial score (nSPS) is 17.2. The largest absolute Gasteiger partial charge is 0.379 e. The van der Waals surface area contributed by atoms with Crippen LogP contribution in [0, 0.1) is 0 Å². The number of piperazine rings is 1. The molecule has 0 N–H and O–H groups in total. The molecule has 0 unspecified atom stereocenters. The Bertz CT molecular complexity index is 257. The minimum Gasteiger partial charge on any atom is -0.379 e. The van der Waals surface area contributed by atoms with Crippen LogP contribution in [-0.2, 0) is 14.2 Å². The van der Waals surface area contributed by atoms with E-state index in [2.05, 4.69) is 30.6 Å². The molecule has 5 nitrogen and oxygen atoms in total. The van der Waals surface area contributed by atoms with Gasteiger partial charge >= 0.3 is 0 Å². The molecule has 1 saturated heterocycles. The zero-order valence-corrected chi connectivity index (χ0v) is 15.6. The first kappa shape index (κ1) is 20.8. The third-order valence-electron chi connectivity index (χ3n) is 4.14. The van der Waals surface area contributed by atoms with E-state index in [1.54, 1.807) is 0 Å². The van der Waals surface area contributed by atoms with Gasteiger partial charge in [0, 0.05) is 45.9 Å². The summed E-state index contributed by atoms with van der Waals surface area (Å²) in [5, 5.41) is 0.